The number of nitrogens with zero attached hydrogens (tertiary/aromatic N) is 2. The molecule has 1 atom stereocenters. The fraction of sp³-hybridized carbons (Fsp3) is 0.438. The van der Waals surface area contributed by atoms with E-state index >= 15 is 0 Å². The molecule has 2 heterocycles. The molecule has 0 saturated heterocycles. The number of nitrogens with two attached hydrogens (primary N) is 1. The van der Waals surface area contributed by atoms with Crippen LogP contribution < -0.4 is 11.1 Å². The lowest BCUT2D eigenvalue weighted by molar-refractivity contribution is -0.115. The van der Waals surface area contributed by atoms with E-state index < -0.39 is 5.54 Å². The maximum absolute atomic E-state index is 12.2. The fourth-order valence-corrected chi connectivity index (χ4v) is 4.26. The van der Waals surface area contributed by atoms with E-state index in [2.05, 4.69) is 15.5 Å². The van der Waals surface area contributed by atoms with E-state index in [-0.39, 0.29) is 11.2 Å². The van der Waals surface area contributed by atoms with Gasteiger partial charge in [0.25, 0.3) is 0 Å². The number of hydrogen-bond donors (Lipinski definition) is 2. The van der Waals surface area contributed by atoms with Crippen molar-refractivity contribution < 1.29 is 9.32 Å². The van der Waals surface area contributed by atoms with Gasteiger partial charge in [0.1, 0.15) is 0 Å². The number of fused-ring (bicyclic) bond motifs is 1. The summed E-state index contributed by atoms with van der Waals surface area (Å²) < 4.78 is 5.35. The highest BCUT2D eigenvalue weighted by Crippen LogP contribution is 2.37. The topological polar surface area (TPSA) is 94.0 Å². The van der Waals surface area contributed by atoms with E-state index in [1.54, 1.807) is 0 Å². The molecule has 1 amide bonds. The van der Waals surface area contributed by atoms with Gasteiger partial charge in [-0.2, -0.15) is 4.98 Å². The molecule has 23 heavy (non-hydrogen) atoms. The van der Waals surface area contributed by atoms with Gasteiger partial charge in [0, 0.05) is 11.3 Å². The number of hydrogen-bond acceptors (Lipinski definition) is 6. The summed E-state index contributed by atoms with van der Waals surface area (Å²) in [6, 6.07) is 7.77. The largest absolute Gasteiger partial charge is 0.339 e. The zero-order chi connectivity index (χ0) is 15.9. The Bertz CT molecular complexity index is 739. The van der Waals surface area contributed by atoms with Crippen LogP contribution in [0.4, 0.5) is 5.69 Å². The number of carbonyl (C=O) groups excluding carboxylic acids is 1. The number of benzene rings is 1. The van der Waals surface area contributed by atoms with E-state index in [9.17, 15) is 4.79 Å². The highest BCUT2D eigenvalue weighted by atomic mass is 32.2. The Morgan fingerprint density at radius 2 is 2.13 bits per heavy atom. The van der Waals surface area contributed by atoms with Crippen molar-refractivity contribution >= 4 is 23.4 Å². The molecule has 0 spiro atoms. The molecular weight excluding hydrogens is 312 g/mol. The predicted molar refractivity (Wildman–Crippen MR) is 87.1 cm³/mol. The summed E-state index contributed by atoms with van der Waals surface area (Å²) in [5.74, 6) is 1.02. The molecule has 1 aliphatic carbocycles. The van der Waals surface area contributed by atoms with Crippen molar-refractivity contribution in [1.82, 2.24) is 10.1 Å². The number of thioether (sulfide) groups is 1. The van der Waals surface area contributed by atoms with Crippen LogP contribution in [0.25, 0.3) is 0 Å². The van der Waals surface area contributed by atoms with Gasteiger partial charge < -0.3 is 15.6 Å². The standard InChI is InChI=1S/C16H18N4O2S/c17-16(7-3-4-8-16)15-19-13(22-20-15)9-12-14(21)18-10-5-1-2-6-11(10)23-12/h1-2,5-6,12H,3-4,7-9,17H2,(H,18,21). The molecule has 4 rings (SSSR count). The molecule has 1 aromatic heterocycles. The number of amides is 1. The van der Waals surface area contributed by atoms with Gasteiger partial charge in [-0.3, -0.25) is 4.79 Å². The Morgan fingerprint density at radius 3 is 2.96 bits per heavy atom. The lowest BCUT2D eigenvalue weighted by atomic mass is 9.99. The van der Waals surface area contributed by atoms with Crippen molar-refractivity contribution in [3.05, 3.63) is 36.0 Å². The molecule has 1 fully saturated rings. The molecule has 7 heteroatoms. The monoisotopic (exact) mass is 330 g/mol. The molecule has 6 nitrogen and oxygen atoms in total. The first kappa shape index (κ1) is 14.7. The summed E-state index contributed by atoms with van der Waals surface area (Å²) in [4.78, 5) is 17.8. The second-order valence-electron chi connectivity index (χ2n) is 6.17. The van der Waals surface area contributed by atoms with Crippen LogP contribution in [0.5, 0.6) is 0 Å². The van der Waals surface area contributed by atoms with E-state index in [1.165, 1.54) is 11.8 Å². The third-order valence-corrected chi connectivity index (χ3v) is 5.75. The van der Waals surface area contributed by atoms with Gasteiger partial charge in [-0.05, 0) is 25.0 Å². The number of carbonyl (C=O) groups is 1. The molecule has 1 unspecified atom stereocenters. The van der Waals surface area contributed by atoms with Crippen molar-refractivity contribution in [3.8, 4) is 0 Å². The molecule has 2 aromatic rings. The van der Waals surface area contributed by atoms with Crippen LogP contribution >= 0.6 is 11.8 Å². The molecular formula is C16H18N4O2S. The van der Waals surface area contributed by atoms with E-state index in [4.69, 9.17) is 10.3 Å². The second-order valence-corrected chi connectivity index (χ2v) is 7.42. The molecule has 2 aliphatic rings. The van der Waals surface area contributed by atoms with Gasteiger partial charge in [0.15, 0.2) is 5.82 Å². The normalized spacial score (nSPS) is 22.7. The lowest BCUT2D eigenvalue weighted by Gasteiger charge is -2.22. The molecule has 0 radical (unpaired) electrons. The maximum atomic E-state index is 12.2. The van der Waals surface area contributed by atoms with Crippen LogP contribution in [-0.4, -0.2) is 21.3 Å². The molecule has 3 N–H and O–H groups in total. The highest BCUT2D eigenvalue weighted by Gasteiger charge is 2.36. The van der Waals surface area contributed by atoms with Crippen LogP contribution in [0.2, 0.25) is 0 Å². The Hall–Kier alpha value is -1.86. The van der Waals surface area contributed by atoms with Crippen molar-refractivity contribution in [2.75, 3.05) is 5.32 Å². The summed E-state index contributed by atoms with van der Waals surface area (Å²) >= 11 is 1.53. The number of nitrogens with one attached hydrogen (secondary N) is 1. The summed E-state index contributed by atoms with van der Waals surface area (Å²) in [6.45, 7) is 0. The average molecular weight is 330 g/mol. The summed E-state index contributed by atoms with van der Waals surface area (Å²) in [7, 11) is 0. The Kier molecular flexibility index (Phi) is 3.61. The minimum atomic E-state index is -0.462. The summed E-state index contributed by atoms with van der Waals surface area (Å²) in [5.41, 5.74) is 6.74. The average Bonchev–Trinajstić information content (AvgIpc) is 3.18. The van der Waals surface area contributed by atoms with Gasteiger partial charge in [0.05, 0.1) is 16.5 Å². The van der Waals surface area contributed by atoms with Crippen LogP contribution in [0.3, 0.4) is 0 Å². The third kappa shape index (κ3) is 2.74. The van der Waals surface area contributed by atoms with Gasteiger partial charge in [0.2, 0.25) is 11.8 Å². The van der Waals surface area contributed by atoms with Gasteiger partial charge in [-0.15, -0.1) is 11.8 Å². The van der Waals surface area contributed by atoms with E-state index in [1.807, 2.05) is 24.3 Å². The van der Waals surface area contributed by atoms with Crippen LogP contribution in [0.15, 0.2) is 33.7 Å². The van der Waals surface area contributed by atoms with Gasteiger partial charge >= 0.3 is 0 Å². The first-order valence-electron chi connectivity index (χ1n) is 7.83. The SMILES string of the molecule is NC1(c2noc(CC3Sc4ccccc4NC3=O)n2)CCCC1. The van der Waals surface area contributed by atoms with Gasteiger partial charge in [-0.25, -0.2) is 0 Å². The lowest BCUT2D eigenvalue weighted by Crippen LogP contribution is -2.34. The fourth-order valence-electron chi connectivity index (χ4n) is 3.16. The second kappa shape index (κ2) is 5.65. The van der Waals surface area contributed by atoms with E-state index in [0.717, 1.165) is 36.3 Å². The minimum Gasteiger partial charge on any atom is -0.339 e. The Labute approximate surface area is 138 Å². The highest BCUT2D eigenvalue weighted by molar-refractivity contribution is 8.01. The number of rotatable bonds is 3. The molecule has 1 saturated carbocycles. The van der Waals surface area contributed by atoms with Crippen molar-refractivity contribution in [1.29, 1.82) is 0 Å². The van der Waals surface area contributed by atoms with Crippen molar-refractivity contribution in [2.45, 2.75) is 47.8 Å². The van der Waals surface area contributed by atoms with Crippen LogP contribution in [0, 0.1) is 0 Å². The smallest absolute Gasteiger partial charge is 0.238 e. The molecule has 120 valence electrons. The zero-order valence-electron chi connectivity index (χ0n) is 12.6. The molecule has 1 aliphatic heterocycles. The Balaban J connectivity index is 1.51. The molecule has 1 aromatic carbocycles. The first-order valence-corrected chi connectivity index (χ1v) is 8.70. The van der Waals surface area contributed by atoms with Crippen LogP contribution in [0.1, 0.15) is 37.4 Å². The van der Waals surface area contributed by atoms with E-state index in [0.29, 0.717) is 18.1 Å². The van der Waals surface area contributed by atoms with Crippen molar-refractivity contribution in [3.63, 3.8) is 0 Å². The number of para-hydroxylation sites is 1. The van der Waals surface area contributed by atoms with Crippen LogP contribution in [-0.2, 0) is 16.8 Å². The summed E-state index contributed by atoms with van der Waals surface area (Å²) in [6.07, 6.45) is 4.38. The summed E-state index contributed by atoms with van der Waals surface area (Å²) in [5, 5.41) is 6.71. The minimum absolute atomic E-state index is 0.0308. The van der Waals surface area contributed by atoms with Crippen molar-refractivity contribution in [2.24, 2.45) is 5.73 Å². The maximum Gasteiger partial charge on any atom is 0.238 e. The number of aromatic nitrogens is 2. The molecule has 0 bridgehead atoms. The third-order valence-electron chi connectivity index (χ3n) is 4.48. The van der Waals surface area contributed by atoms with Gasteiger partial charge in [-0.1, -0.05) is 30.1 Å². The first-order chi connectivity index (χ1) is 11.1. The Morgan fingerprint density at radius 1 is 1.35 bits per heavy atom. The number of anilines is 1. The predicted octanol–water partition coefficient (Wildman–Crippen LogP) is 2.45. The quantitative estimate of drug-likeness (QED) is 0.898. The zero-order valence-corrected chi connectivity index (χ0v) is 13.4.